The average Bonchev–Trinajstić information content (AvgIpc) is 3.12. The molecule has 1 fully saturated rings. The fraction of sp³-hybridized carbons (Fsp3) is 0.625. The van der Waals surface area contributed by atoms with Crippen LogP contribution in [-0.4, -0.2) is 24.0 Å². The molecule has 1 aliphatic carbocycles. The summed E-state index contributed by atoms with van der Waals surface area (Å²) in [7, 11) is 0. The molecule has 1 heterocycles. The molecule has 0 aliphatic heterocycles. The fourth-order valence-corrected chi connectivity index (χ4v) is 2.26. The van der Waals surface area contributed by atoms with Gasteiger partial charge in [-0.3, -0.25) is 4.79 Å². The Labute approximate surface area is 121 Å². The first-order valence-corrected chi connectivity index (χ1v) is 7.55. The number of anilines is 1. The number of hydrogen-bond donors (Lipinski definition) is 2. The first-order chi connectivity index (χ1) is 9.51. The first-order valence-electron chi connectivity index (χ1n) is 7.55. The maximum atomic E-state index is 12.2. The summed E-state index contributed by atoms with van der Waals surface area (Å²) in [5.74, 6) is 2.52. The van der Waals surface area contributed by atoms with E-state index in [1.165, 1.54) is 6.42 Å². The monoisotopic (exact) mass is 275 g/mol. The van der Waals surface area contributed by atoms with Crippen LogP contribution in [0.25, 0.3) is 0 Å². The van der Waals surface area contributed by atoms with Crippen molar-refractivity contribution in [2.24, 2.45) is 11.8 Å². The number of amides is 1. The van der Waals surface area contributed by atoms with Gasteiger partial charge in [-0.15, -0.1) is 0 Å². The molecule has 1 aromatic heterocycles. The van der Waals surface area contributed by atoms with Gasteiger partial charge >= 0.3 is 0 Å². The minimum atomic E-state index is 0.00699. The van der Waals surface area contributed by atoms with Crippen molar-refractivity contribution in [1.29, 1.82) is 0 Å². The molecular formula is C16H25N3O. The van der Waals surface area contributed by atoms with Crippen molar-refractivity contribution in [3.63, 3.8) is 0 Å². The van der Waals surface area contributed by atoms with E-state index in [-0.39, 0.29) is 5.91 Å². The molecule has 0 bridgehead atoms. The van der Waals surface area contributed by atoms with Crippen LogP contribution in [-0.2, 0) is 0 Å². The van der Waals surface area contributed by atoms with Crippen LogP contribution in [0.4, 0.5) is 5.82 Å². The summed E-state index contributed by atoms with van der Waals surface area (Å²) < 4.78 is 0. The van der Waals surface area contributed by atoms with E-state index in [0.717, 1.165) is 30.5 Å². The Hall–Kier alpha value is -1.58. The summed E-state index contributed by atoms with van der Waals surface area (Å²) in [6.07, 6.45) is 1.23. The highest BCUT2D eigenvalue weighted by Crippen LogP contribution is 2.36. The minimum absolute atomic E-state index is 0.00699. The minimum Gasteiger partial charge on any atom is -0.370 e. The van der Waals surface area contributed by atoms with Crippen molar-refractivity contribution in [2.45, 2.75) is 40.0 Å². The van der Waals surface area contributed by atoms with E-state index in [1.54, 1.807) is 0 Å². The zero-order chi connectivity index (χ0) is 14.7. The summed E-state index contributed by atoms with van der Waals surface area (Å²) >= 11 is 0. The third-order valence-corrected chi connectivity index (χ3v) is 3.86. The molecule has 0 saturated heterocycles. The van der Waals surface area contributed by atoms with Gasteiger partial charge in [0.25, 0.3) is 5.91 Å². The number of carbonyl (C=O) groups excluding carboxylic acids is 1. The van der Waals surface area contributed by atoms with Gasteiger partial charge in [-0.25, -0.2) is 4.98 Å². The number of aromatic nitrogens is 1. The van der Waals surface area contributed by atoms with Crippen LogP contribution < -0.4 is 10.6 Å². The highest BCUT2D eigenvalue weighted by Gasteiger charge is 2.32. The zero-order valence-corrected chi connectivity index (χ0v) is 12.9. The Morgan fingerprint density at radius 3 is 2.70 bits per heavy atom. The molecule has 20 heavy (non-hydrogen) atoms. The maximum absolute atomic E-state index is 12.2. The topological polar surface area (TPSA) is 54.0 Å². The lowest BCUT2D eigenvalue weighted by Crippen LogP contribution is -2.26. The van der Waals surface area contributed by atoms with E-state index in [9.17, 15) is 4.79 Å². The molecule has 4 heteroatoms. The standard InChI is InChI=1S/C16H25N3O/c1-5-17-15-8-12(7-14(19-15)10(2)3)16(20)18-9-13-6-11(13)4/h7-8,10-11,13H,5-6,9H2,1-4H3,(H,17,19)(H,18,20). The smallest absolute Gasteiger partial charge is 0.251 e. The highest BCUT2D eigenvalue weighted by atomic mass is 16.1. The lowest BCUT2D eigenvalue weighted by atomic mass is 10.1. The molecule has 4 nitrogen and oxygen atoms in total. The lowest BCUT2D eigenvalue weighted by molar-refractivity contribution is 0.0951. The Morgan fingerprint density at radius 1 is 1.45 bits per heavy atom. The fourth-order valence-electron chi connectivity index (χ4n) is 2.26. The number of nitrogens with one attached hydrogen (secondary N) is 2. The number of rotatable bonds is 6. The van der Waals surface area contributed by atoms with Gasteiger partial charge in [-0.05, 0) is 43.2 Å². The molecule has 1 aromatic rings. The molecule has 0 radical (unpaired) electrons. The highest BCUT2D eigenvalue weighted by molar-refractivity contribution is 5.95. The number of carbonyl (C=O) groups is 1. The van der Waals surface area contributed by atoms with E-state index >= 15 is 0 Å². The Kier molecular flexibility index (Phi) is 4.63. The predicted octanol–water partition coefficient (Wildman–Crippen LogP) is 3.02. The van der Waals surface area contributed by atoms with Gasteiger partial charge < -0.3 is 10.6 Å². The van der Waals surface area contributed by atoms with Gasteiger partial charge in [0, 0.05) is 24.3 Å². The third kappa shape index (κ3) is 3.71. The third-order valence-electron chi connectivity index (χ3n) is 3.86. The predicted molar refractivity (Wildman–Crippen MR) is 82.1 cm³/mol. The van der Waals surface area contributed by atoms with E-state index < -0.39 is 0 Å². The van der Waals surface area contributed by atoms with Crippen LogP contribution in [0.5, 0.6) is 0 Å². The van der Waals surface area contributed by atoms with Gasteiger partial charge in [-0.1, -0.05) is 20.8 Å². The molecule has 1 aliphatic rings. The average molecular weight is 275 g/mol. The second-order valence-electron chi connectivity index (χ2n) is 6.03. The van der Waals surface area contributed by atoms with Gasteiger partial charge in [0.15, 0.2) is 0 Å². The van der Waals surface area contributed by atoms with E-state index in [1.807, 2.05) is 19.1 Å². The molecule has 0 aromatic carbocycles. The second kappa shape index (κ2) is 6.25. The molecule has 1 saturated carbocycles. The number of pyridine rings is 1. The maximum Gasteiger partial charge on any atom is 0.251 e. The normalized spacial score (nSPS) is 20.9. The number of nitrogens with zero attached hydrogens (tertiary/aromatic N) is 1. The molecule has 110 valence electrons. The summed E-state index contributed by atoms with van der Waals surface area (Å²) in [6, 6.07) is 3.73. The first kappa shape index (κ1) is 14.8. The van der Waals surface area contributed by atoms with Gasteiger partial charge in [-0.2, -0.15) is 0 Å². The summed E-state index contributed by atoms with van der Waals surface area (Å²) in [5, 5.41) is 6.22. The van der Waals surface area contributed by atoms with Crippen molar-refractivity contribution in [1.82, 2.24) is 10.3 Å². The van der Waals surface area contributed by atoms with Crippen molar-refractivity contribution in [3.8, 4) is 0 Å². The van der Waals surface area contributed by atoms with Gasteiger partial charge in [0.05, 0.1) is 0 Å². The molecular weight excluding hydrogens is 250 g/mol. The van der Waals surface area contributed by atoms with Gasteiger partial charge in [0.2, 0.25) is 0 Å². The van der Waals surface area contributed by atoms with Crippen LogP contribution in [0.3, 0.4) is 0 Å². The van der Waals surface area contributed by atoms with Crippen molar-refractivity contribution in [3.05, 3.63) is 23.4 Å². The van der Waals surface area contributed by atoms with E-state index in [0.29, 0.717) is 17.4 Å². The SMILES string of the molecule is CCNc1cc(C(=O)NCC2CC2C)cc(C(C)C)n1. The van der Waals surface area contributed by atoms with Crippen LogP contribution in [0, 0.1) is 11.8 Å². The quantitative estimate of drug-likeness (QED) is 0.839. The van der Waals surface area contributed by atoms with Crippen LogP contribution in [0.1, 0.15) is 56.1 Å². The van der Waals surface area contributed by atoms with Crippen LogP contribution >= 0.6 is 0 Å². The van der Waals surface area contributed by atoms with Crippen molar-refractivity contribution < 1.29 is 4.79 Å². The molecule has 2 atom stereocenters. The summed E-state index contributed by atoms with van der Waals surface area (Å²) in [4.78, 5) is 16.8. The molecule has 0 spiro atoms. The van der Waals surface area contributed by atoms with Crippen LogP contribution in [0.2, 0.25) is 0 Å². The molecule has 2 N–H and O–H groups in total. The zero-order valence-electron chi connectivity index (χ0n) is 12.9. The Balaban J connectivity index is 2.09. The lowest BCUT2D eigenvalue weighted by Gasteiger charge is -2.12. The van der Waals surface area contributed by atoms with Crippen molar-refractivity contribution in [2.75, 3.05) is 18.4 Å². The Bertz CT molecular complexity index is 485. The largest absolute Gasteiger partial charge is 0.370 e. The number of hydrogen-bond acceptors (Lipinski definition) is 3. The summed E-state index contributed by atoms with van der Waals surface area (Å²) in [5.41, 5.74) is 1.65. The Morgan fingerprint density at radius 2 is 2.15 bits per heavy atom. The van der Waals surface area contributed by atoms with E-state index in [2.05, 4.69) is 36.4 Å². The molecule has 2 unspecified atom stereocenters. The van der Waals surface area contributed by atoms with Gasteiger partial charge in [0.1, 0.15) is 5.82 Å². The van der Waals surface area contributed by atoms with Crippen molar-refractivity contribution >= 4 is 11.7 Å². The second-order valence-corrected chi connectivity index (χ2v) is 6.03. The van der Waals surface area contributed by atoms with E-state index in [4.69, 9.17) is 0 Å². The molecule has 1 amide bonds. The summed E-state index contributed by atoms with van der Waals surface area (Å²) in [6.45, 7) is 10.0. The molecule has 2 rings (SSSR count). The van der Waals surface area contributed by atoms with Crippen LogP contribution in [0.15, 0.2) is 12.1 Å².